The number of rotatable bonds is 5. The highest BCUT2D eigenvalue weighted by Gasteiger charge is 2.27. The molecule has 1 aliphatic rings. The van der Waals surface area contributed by atoms with E-state index in [0.717, 1.165) is 5.82 Å². The average molecular weight is 295 g/mol. The second-order valence-corrected chi connectivity index (χ2v) is 5.40. The molecule has 1 unspecified atom stereocenters. The largest absolute Gasteiger partial charge is 0.481 e. The Morgan fingerprint density at radius 1 is 1.48 bits per heavy atom. The lowest BCUT2D eigenvalue weighted by Gasteiger charge is -2.30. The molecule has 2 rings (SSSR count). The molecule has 21 heavy (non-hydrogen) atoms. The van der Waals surface area contributed by atoms with Crippen molar-refractivity contribution in [1.29, 1.82) is 0 Å². The first-order chi connectivity index (χ1) is 9.99. The van der Waals surface area contributed by atoms with Crippen LogP contribution in [0.1, 0.15) is 31.6 Å². The average Bonchev–Trinajstić information content (AvgIpc) is 2.90. The van der Waals surface area contributed by atoms with Crippen molar-refractivity contribution >= 4 is 11.9 Å². The molecule has 8 nitrogen and oxygen atoms in total. The maximum atomic E-state index is 12.1. The van der Waals surface area contributed by atoms with Gasteiger partial charge in [-0.1, -0.05) is 0 Å². The van der Waals surface area contributed by atoms with E-state index in [0.29, 0.717) is 25.9 Å². The number of amides is 1. The number of piperidine rings is 1. The number of carbonyl (C=O) groups excluding carboxylic acids is 1. The minimum Gasteiger partial charge on any atom is -0.481 e. The van der Waals surface area contributed by atoms with Crippen LogP contribution in [0.4, 0.5) is 0 Å². The molecule has 0 aromatic carbocycles. The first-order valence-corrected chi connectivity index (χ1v) is 7.07. The SMILES string of the molecule is CC(NCC(=O)N1CCC(C(=O)O)CC1)c1nncn1C. The summed E-state index contributed by atoms with van der Waals surface area (Å²) in [4.78, 5) is 24.7. The fourth-order valence-corrected chi connectivity index (χ4v) is 2.50. The monoisotopic (exact) mass is 295 g/mol. The molecular weight excluding hydrogens is 274 g/mol. The first kappa shape index (κ1) is 15.4. The van der Waals surface area contributed by atoms with Crippen molar-refractivity contribution in [2.24, 2.45) is 13.0 Å². The number of likely N-dealkylation sites (tertiary alicyclic amines) is 1. The molecule has 1 amide bonds. The molecule has 0 radical (unpaired) electrons. The Kier molecular flexibility index (Phi) is 4.89. The Hall–Kier alpha value is -1.96. The Labute approximate surface area is 123 Å². The van der Waals surface area contributed by atoms with Crippen molar-refractivity contribution in [3.05, 3.63) is 12.2 Å². The van der Waals surface area contributed by atoms with Crippen LogP contribution in [0.3, 0.4) is 0 Å². The molecule has 0 bridgehead atoms. The predicted molar refractivity (Wildman–Crippen MR) is 74.4 cm³/mol. The third kappa shape index (κ3) is 3.78. The van der Waals surface area contributed by atoms with E-state index >= 15 is 0 Å². The van der Waals surface area contributed by atoms with E-state index in [2.05, 4.69) is 15.5 Å². The Morgan fingerprint density at radius 3 is 2.67 bits per heavy atom. The standard InChI is InChI=1S/C13H21N5O3/c1-9(12-16-15-8-17(12)2)14-7-11(19)18-5-3-10(4-6-18)13(20)21/h8-10,14H,3-7H2,1-2H3,(H,20,21). The lowest BCUT2D eigenvalue weighted by atomic mass is 9.97. The number of aryl methyl sites for hydroxylation is 1. The normalized spacial score (nSPS) is 17.7. The molecule has 1 atom stereocenters. The van der Waals surface area contributed by atoms with Crippen LogP contribution in [-0.4, -0.2) is 56.3 Å². The summed E-state index contributed by atoms with van der Waals surface area (Å²) >= 11 is 0. The van der Waals surface area contributed by atoms with E-state index in [1.165, 1.54) is 0 Å². The van der Waals surface area contributed by atoms with Crippen molar-refractivity contribution in [2.45, 2.75) is 25.8 Å². The summed E-state index contributed by atoms with van der Waals surface area (Å²) in [5.74, 6) is -0.323. The van der Waals surface area contributed by atoms with E-state index in [1.807, 2.05) is 14.0 Å². The van der Waals surface area contributed by atoms with Gasteiger partial charge in [0.15, 0.2) is 0 Å². The highest BCUT2D eigenvalue weighted by atomic mass is 16.4. The Balaban J connectivity index is 1.78. The minimum atomic E-state index is -0.767. The number of carbonyl (C=O) groups is 2. The van der Waals surface area contributed by atoms with Crippen LogP contribution in [-0.2, 0) is 16.6 Å². The molecule has 0 spiro atoms. The maximum Gasteiger partial charge on any atom is 0.306 e. The third-order valence-corrected chi connectivity index (χ3v) is 3.89. The van der Waals surface area contributed by atoms with Crippen molar-refractivity contribution in [2.75, 3.05) is 19.6 Å². The first-order valence-electron chi connectivity index (χ1n) is 7.07. The summed E-state index contributed by atoms with van der Waals surface area (Å²) in [5, 5.41) is 19.9. The van der Waals surface area contributed by atoms with Gasteiger partial charge in [-0.05, 0) is 19.8 Å². The zero-order chi connectivity index (χ0) is 15.4. The van der Waals surface area contributed by atoms with Gasteiger partial charge in [0.1, 0.15) is 12.2 Å². The fraction of sp³-hybridized carbons (Fsp3) is 0.692. The molecule has 1 saturated heterocycles. The summed E-state index contributed by atoms with van der Waals surface area (Å²) in [5.41, 5.74) is 0. The van der Waals surface area contributed by atoms with E-state index in [-0.39, 0.29) is 24.4 Å². The Morgan fingerprint density at radius 2 is 2.14 bits per heavy atom. The summed E-state index contributed by atoms with van der Waals surface area (Å²) < 4.78 is 1.81. The van der Waals surface area contributed by atoms with Crippen LogP contribution < -0.4 is 5.32 Å². The summed E-state index contributed by atoms with van der Waals surface area (Å²) in [6.45, 7) is 3.16. The predicted octanol–water partition coefficient (Wildman–Crippen LogP) is -0.211. The smallest absolute Gasteiger partial charge is 0.306 e. The van der Waals surface area contributed by atoms with Crippen LogP contribution in [0, 0.1) is 5.92 Å². The van der Waals surface area contributed by atoms with Gasteiger partial charge in [-0.3, -0.25) is 14.9 Å². The Bertz CT molecular complexity index is 508. The second-order valence-electron chi connectivity index (χ2n) is 5.40. The molecule has 1 aliphatic heterocycles. The fourth-order valence-electron chi connectivity index (χ4n) is 2.50. The molecule has 8 heteroatoms. The van der Waals surface area contributed by atoms with Gasteiger partial charge in [-0.15, -0.1) is 10.2 Å². The number of carboxylic acid groups (broad SMARTS) is 1. The highest BCUT2D eigenvalue weighted by Crippen LogP contribution is 2.17. The van der Waals surface area contributed by atoms with Crippen LogP contribution in [0.25, 0.3) is 0 Å². The molecular formula is C13H21N5O3. The number of nitrogens with zero attached hydrogens (tertiary/aromatic N) is 4. The van der Waals surface area contributed by atoms with Crippen LogP contribution >= 0.6 is 0 Å². The molecule has 1 aromatic rings. The molecule has 0 saturated carbocycles. The van der Waals surface area contributed by atoms with Gasteiger partial charge in [0, 0.05) is 20.1 Å². The molecule has 2 N–H and O–H groups in total. The molecule has 1 fully saturated rings. The van der Waals surface area contributed by atoms with Crippen molar-refractivity contribution in [3.63, 3.8) is 0 Å². The van der Waals surface area contributed by atoms with Crippen molar-refractivity contribution in [3.8, 4) is 0 Å². The van der Waals surface area contributed by atoms with E-state index in [4.69, 9.17) is 5.11 Å². The van der Waals surface area contributed by atoms with Crippen molar-refractivity contribution < 1.29 is 14.7 Å². The van der Waals surface area contributed by atoms with Gasteiger partial charge in [0.25, 0.3) is 0 Å². The van der Waals surface area contributed by atoms with Crippen LogP contribution in [0.2, 0.25) is 0 Å². The van der Waals surface area contributed by atoms with E-state index < -0.39 is 5.97 Å². The molecule has 0 aliphatic carbocycles. The maximum absolute atomic E-state index is 12.1. The summed E-state index contributed by atoms with van der Waals surface area (Å²) in [7, 11) is 1.85. The number of aromatic nitrogens is 3. The number of aliphatic carboxylic acids is 1. The molecule has 1 aromatic heterocycles. The van der Waals surface area contributed by atoms with E-state index in [9.17, 15) is 9.59 Å². The quantitative estimate of drug-likeness (QED) is 0.779. The van der Waals surface area contributed by atoms with Gasteiger partial charge in [0.05, 0.1) is 18.5 Å². The number of carboxylic acids is 1. The minimum absolute atomic E-state index is 0.00661. The van der Waals surface area contributed by atoms with Gasteiger partial charge < -0.3 is 14.6 Å². The van der Waals surface area contributed by atoms with Gasteiger partial charge in [0.2, 0.25) is 5.91 Å². The summed E-state index contributed by atoms with van der Waals surface area (Å²) in [6.07, 6.45) is 2.67. The zero-order valence-corrected chi connectivity index (χ0v) is 12.3. The topological polar surface area (TPSA) is 100 Å². The molecule has 116 valence electrons. The highest BCUT2D eigenvalue weighted by molar-refractivity contribution is 5.79. The third-order valence-electron chi connectivity index (χ3n) is 3.89. The van der Waals surface area contributed by atoms with Gasteiger partial charge in [-0.2, -0.15) is 0 Å². The van der Waals surface area contributed by atoms with Gasteiger partial charge in [-0.25, -0.2) is 0 Å². The number of hydrogen-bond donors (Lipinski definition) is 2. The van der Waals surface area contributed by atoms with Crippen LogP contribution in [0.15, 0.2) is 6.33 Å². The number of nitrogens with one attached hydrogen (secondary N) is 1. The lowest BCUT2D eigenvalue weighted by Crippen LogP contribution is -2.44. The van der Waals surface area contributed by atoms with Crippen molar-refractivity contribution in [1.82, 2.24) is 25.0 Å². The van der Waals surface area contributed by atoms with E-state index in [1.54, 1.807) is 15.8 Å². The lowest BCUT2D eigenvalue weighted by molar-refractivity contribution is -0.145. The number of hydrogen-bond acceptors (Lipinski definition) is 5. The summed E-state index contributed by atoms with van der Waals surface area (Å²) in [6, 6.07) is -0.0713. The molecule has 2 heterocycles. The second kappa shape index (κ2) is 6.66. The van der Waals surface area contributed by atoms with Gasteiger partial charge >= 0.3 is 5.97 Å². The van der Waals surface area contributed by atoms with Crippen LogP contribution in [0.5, 0.6) is 0 Å². The zero-order valence-electron chi connectivity index (χ0n) is 12.3.